The third-order valence-electron chi connectivity index (χ3n) is 4.92. The van der Waals surface area contributed by atoms with E-state index in [1.54, 1.807) is 22.9 Å². The molecule has 0 saturated carbocycles. The lowest BCUT2D eigenvalue weighted by Gasteiger charge is -2.23. The summed E-state index contributed by atoms with van der Waals surface area (Å²) in [5.74, 6) is -0.794. The predicted molar refractivity (Wildman–Crippen MR) is 127 cm³/mol. The topological polar surface area (TPSA) is 157 Å². The van der Waals surface area contributed by atoms with Crippen molar-refractivity contribution in [3.8, 4) is 0 Å². The number of nitrogens with one attached hydrogen (secondary N) is 1. The molecule has 35 heavy (non-hydrogen) atoms. The van der Waals surface area contributed by atoms with E-state index in [2.05, 4.69) is 25.3 Å². The summed E-state index contributed by atoms with van der Waals surface area (Å²) in [7, 11) is 0. The van der Waals surface area contributed by atoms with Gasteiger partial charge in [0.15, 0.2) is 39.2 Å². The van der Waals surface area contributed by atoms with Crippen LogP contribution in [0.2, 0.25) is 0 Å². The van der Waals surface area contributed by atoms with E-state index in [4.69, 9.17) is 18.9 Å². The average Bonchev–Trinajstić information content (AvgIpc) is 3.34. The van der Waals surface area contributed by atoms with Crippen molar-refractivity contribution in [3.63, 3.8) is 0 Å². The molecule has 0 aromatic carbocycles. The Bertz CT molecular complexity index is 1250. The number of esters is 3. The number of imidazole rings is 1. The number of anilines is 2. The van der Waals surface area contributed by atoms with Crippen LogP contribution in [0.1, 0.15) is 27.0 Å². The molecular formula is C21H21IN6O7. The van der Waals surface area contributed by atoms with Crippen LogP contribution in [0.5, 0.6) is 0 Å². The van der Waals surface area contributed by atoms with Gasteiger partial charge in [-0.2, -0.15) is 0 Å². The van der Waals surface area contributed by atoms with Crippen molar-refractivity contribution < 1.29 is 33.3 Å². The number of fused-ring (bicyclic) bond motifs is 1. The lowest BCUT2D eigenvalue weighted by atomic mass is 10.1. The van der Waals surface area contributed by atoms with Crippen molar-refractivity contribution in [3.05, 3.63) is 34.6 Å². The van der Waals surface area contributed by atoms with Gasteiger partial charge in [0.1, 0.15) is 18.5 Å². The summed E-state index contributed by atoms with van der Waals surface area (Å²) < 4.78 is 24.1. The first kappa shape index (κ1) is 24.7. The van der Waals surface area contributed by atoms with E-state index in [1.165, 1.54) is 27.1 Å². The summed E-state index contributed by atoms with van der Waals surface area (Å²) in [5, 5.41) is 3.12. The largest absolute Gasteiger partial charge is 0.463 e. The van der Waals surface area contributed by atoms with E-state index in [0.717, 1.165) is 0 Å². The summed E-state index contributed by atoms with van der Waals surface area (Å²) in [6, 6.07) is 5.39. The molecule has 0 unspecified atom stereocenters. The van der Waals surface area contributed by atoms with Crippen LogP contribution in [0.15, 0.2) is 30.7 Å². The fourth-order valence-corrected chi connectivity index (χ4v) is 4.11. The third-order valence-corrected chi connectivity index (χ3v) is 5.40. The van der Waals surface area contributed by atoms with Crippen LogP contribution >= 0.6 is 22.6 Å². The second-order valence-electron chi connectivity index (χ2n) is 7.52. The highest BCUT2D eigenvalue weighted by molar-refractivity contribution is 14.1. The third kappa shape index (κ3) is 5.64. The van der Waals surface area contributed by atoms with Crippen molar-refractivity contribution in [1.82, 2.24) is 24.5 Å². The first-order chi connectivity index (χ1) is 16.7. The second-order valence-corrected chi connectivity index (χ2v) is 8.49. The van der Waals surface area contributed by atoms with Gasteiger partial charge in [-0.1, -0.05) is 6.07 Å². The van der Waals surface area contributed by atoms with Gasteiger partial charge in [0.25, 0.3) is 0 Å². The fourth-order valence-electron chi connectivity index (χ4n) is 3.64. The monoisotopic (exact) mass is 596 g/mol. The molecule has 0 bridgehead atoms. The molecule has 3 aromatic rings. The van der Waals surface area contributed by atoms with Crippen molar-refractivity contribution in [2.75, 3.05) is 11.9 Å². The molecule has 4 heterocycles. The summed E-state index contributed by atoms with van der Waals surface area (Å²) >= 11 is 1.97. The maximum absolute atomic E-state index is 11.9. The first-order valence-corrected chi connectivity index (χ1v) is 11.5. The minimum Gasteiger partial charge on any atom is -0.463 e. The number of carbonyl (C=O) groups excluding carboxylic acids is 3. The summed E-state index contributed by atoms with van der Waals surface area (Å²) in [4.78, 5) is 52.7. The van der Waals surface area contributed by atoms with Gasteiger partial charge in [0.2, 0.25) is 0 Å². The molecule has 184 valence electrons. The zero-order chi connectivity index (χ0) is 25.1. The SMILES string of the molecule is CC(=O)OC[C@@H]1O[C@@H](n2cnc3c(Nc4ccccn4)nc(I)nc32)[C@H](OC(C)=O)[C@@H]1OC(C)=O. The standard InChI is InChI=1S/C21H21IN6O7/c1-10(29)32-8-13-16(33-11(2)30)17(34-12(3)31)20(35-13)28-9-24-15-18(26-21(22)27-19(15)28)25-14-6-4-5-7-23-14/h4-7,9,13,16-17,20H,8H2,1-3H3,(H,23,25,26,27)/t13-,16+,17+,20+/m0/s1. The highest BCUT2D eigenvalue weighted by Crippen LogP contribution is 2.36. The normalized spacial score (nSPS) is 21.5. The lowest BCUT2D eigenvalue weighted by Crippen LogP contribution is -2.40. The maximum Gasteiger partial charge on any atom is 0.303 e. The lowest BCUT2D eigenvalue weighted by molar-refractivity contribution is -0.166. The van der Waals surface area contributed by atoms with Crippen molar-refractivity contribution in [2.24, 2.45) is 0 Å². The average molecular weight is 596 g/mol. The van der Waals surface area contributed by atoms with Crippen LogP contribution in [0.4, 0.5) is 11.6 Å². The van der Waals surface area contributed by atoms with Crippen molar-refractivity contribution in [2.45, 2.75) is 45.3 Å². The van der Waals surface area contributed by atoms with Crippen LogP contribution < -0.4 is 5.32 Å². The molecule has 1 fully saturated rings. The predicted octanol–water partition coefficient (Wildman–Crippen LogP) is 1.89. The molecule has 1 saturated heterocycles. The van der Waals surface area contributed by atoms with Gasteiger partial charge in [-0.15, -0.1) is 0 Å². The van der Waals surface area contributed by atoms with Crippen LogP contribution in [-0.2, 0) is 33.3 Å². The van der Waals surface area contributed by atoms with Gasteiger partial charge in [0, 0.05) is 49.6 Å². The van der Waals surface area contributed by atoms with Gasteiger partial charge in [-0.05, 0) is 12.1 Å². The van der Waals surface area contributed by atoms with Gasteiger partial charge in [-0.3, -0.25) is 19.0 Å². The number of carbonyl (C=O) groups is 3. The van der Waals surface area contributed by atoms with E-state index in [1.807, 2.05) is 28.7 Å². The molecular weight excluding hydrogens is 575 g/mol. The van der Waals surface area contributed by atoms with E-state index in [0.29, 0.717) is 26.6 Å². The van der Waals surface area contributed by atoms with Gasteiger partial charge in [-0.25, -0.2) is 19.9 Å². The van der Waals surface area contributed by atoms with Gasteiger partial charge in [0.05, 0.1) is 6.33 Å². The number of aromatic nitrogens is 5. The number of halogens is 1. The van der Waals surface area contributed by atoms with Gasteiger partial charge >= 0.3 is 17.9 Å². The van der Waals surface area contributed by atoms with E-state index in [-0.39, 0.29) is 6.61 Å². The Hall–Kier alpha value is -3.40. The fraction of sp³-hybridized carbons (Fsp3) is 0.381. The summed E-state index contributed by atoms with van der Waals surface area (Å²) in [6.07, 6.45) is -0.888. The van der Waals surface area contributed by atoms with Crippen LogP contribution in [0.25, 0.3) is 11.2 Å². The molecule has 0 aliphatic carbocycles. The molecule has 1 aliphatic heterocycles. The Labute approximate surface area is 212 Å². The summed E-state index contributed by atoms with van der Waals surface area (Å²) in [6.45, 7) is 3.48. The van der Waals surface area contributed by atoms with E-state index < -0.39 is 42.4 Å². The number of hydrogen-bond acceptors (Lipinski definition) is 12. The zero-order valence-corrected chi connectivity index (χ0v) is 21.0. The molecule has 0 spiro atoms. The molecule has 3 aromatic heterocycles. The Balaban J connectivity index is 1.75. The zero-order valence-electron chi connectivity index (χ0n) is 18.9. The Kier molecular flexibility index (Phi) is 7.39. The number of ether oxygens (including phenoxy) is 4. The highest BCUT2D eigenvalue weighted by atomic mass is 127. The van der Waals surface area contributed by atoms with E-state index in [9.17, 15) is 14.4 Å². The first-order valence-electron chi connectivity index (χ1n) is 10.4. The molecule has 4 rings (SSSR count). The summed E-state index contributed by atoms with van der Waals surface area (Å²) in [5.41, 5.74) is 0.786. The number of nitrogens with zero attached hydrogens (tertiary/aromatic N) is 5. The molecule has 1 N–H and O–H groups in total. The maximum atomic E-state index is 11.9. The minimum atomic E-state index is -1.06. The van der Waals surface area contributed by atoms with Crippen LogP contribution in [0.3, 0.4) is 0 Å². The Morgan fingerprint density at radius 1 is 1.06 bits per heavy atom. The van der Waals surface area contributed by atoms with Crippen molar-refractivity contribution >= 4 is 63.3 Å². The highest BCUT2D eigenvalue weighted by Gasteiger charge is 2.51. The van der Waals surface area contributed by atoms with Crippen LogP contribution in [-0.4, -0.2) is 67.3 Å². The molecule has 0 radical (unpaired) electrons. The van der Waals surface area contributed by atoms with Crippen molar-refractivity contribution in [1.29, 1.82) is 0 Å². The molecule has 13 nitrogen and oxygen atoms in total. The molecule has 14 heteroatoms. The molecule has 4 atom stereocenters. The number of rotatable bonds is 7. The number of hydrogen-bond donors (Lipinski definition) is 1. The second kappa shape index (κ2) is 10.5. The number of pyridine rings is 1. The van der Waals surface area contributed by atoms with E-state index >= 15 is 0 Å². The Morgan fingerprint density at radius 3 is 2.46 bits per heavy atom. The molecule has 0 amide bonds. The molecule has 1 aliphatic rings. The van der Waals surface area contributed by atoms with Gasteiger partial charge < -0.3 is 24.3 Å². The minimum absolute atomic E-state index is 0.215. The quantitative estimate of drug-likeness (QED) is 0.183. The Morgan fingerprint density at radius 2 is 1.80 bits per heavy atom. The smallest absolute Gasteiger partial charge is 0.303 e. The van der Waals surface area contributed by atoms with Crippen LogP contribution in [0, 0.1) is 3.83 Å².